The molecular formula is C19H30ClN3O. The summed E-state index contributed by atoms with van der Waals surface area (Å²) in [5, 5.41) is 3.91. The lowest BCUT2D eigenvalue weighted by Gasteiger charge is -2.36. The molecule has 1 saturated heterocycles. The van der Waals surface area contributed by atoms with Gasteiger partial charge in [0, 0.05) is 32.2 Å². The number of benzene rings is 1. The second-order valence-corrected chi connectivity index (χ2v) is 7.56. The molecule has 0 bridgehead atoms. The van der Waals surface area contributed by atoms with E-state index in [0.29, 0.717) is 12.5 Å². The second-order valence-electron chi connectivity index (χ2n) is 7.15. The van der Waals surface area contributed by atoms with Gasteiger partial charge >= 0.3 is 0 Å². The van der Waals surface area contributed by atoms with Crippen molar-refractivity contribution in [3.8, 4) is 0 Å². The summed E-state index contributed by atoms with van der Waals surface area (Å²) in [7, 11) is 0. The van der Waals surface area contributed by atoms with E-state index in [9.17, 15) is 4.79 Å². The number of hydrogen-bond acceptors (Lipinski definition) is 3. The van der Waals surface area contributed by atoms with Crippen LogP contribution in [0.3, 0.4) is 0 Å². The van der Waals surface area contributed by atoms with E-state index in [0.717, 1.165) is 49.7 Å². The van der Waals surface area contributed by atoms with Crippen LogP contribution in [0.5, 0.6) is 0 Å². The van der Waals surface area contributed by atoms with Gasteiger partial charge in [0.05, 0.1) is 17.3 Å². The van der Waals surface area contributed by atoms with Crippen molar-refractivity contribution >= 4 is 23.2 Å². The van der Waals surface area contributed by atoms with Crippen molar-refractivity contribution < 1.29 is 4.79 Å². The quantitative estimate of drug-likeness (QED) is 0.817. The standard InChI is InChI=1S/C19H30ClN3O/c1-15(2)8-9-16(3)21-19(24)14-22-10-12-23(13-11-22)18-7-5-4-6-17(18)20/h4-7,15-16H,8-14H2,1-3H3,(H,21,24)/t16-/m0/s1. The zero-order valence-electron chi connectivity index (χ0n) is 15.1. The maximum Gasteiger partial charge on any atom is 0.234 e. The third kappa shape index (κ3) is 5.99. The molecular weight excluding hydrogens is 322 g/mol. The van der Waals surface area contributed by atoms with Crippen molar-refractivity contribution in [3.63, 3.8) is 0 Å². The Labute approximate surface area is 151 Å². The zero-order valence-corrected chi connectivity index (χ0v) is 15.9. The van der Waals surface area contributed by atoms with E-state index in [4.69, 9.17) is 11.6 Å². The van der Waals surface area contributed by atoms with Crippen LogP contribution in [0.25, 0.3) is 0 Å². The normalized spacial score (nSPS) is 17.1. The molecule has 1 aromatic carbocycles. The van der Waals surface area contributed by atoms with E-state index in [1.165, 1.54) is 0 Å². The van der Waals surface area contributed by atoms with Crippen LogP contribution in [0.4, 0.5) is 5.69 Å². The summed E-state index contributed by atoms with van der Waals surface area (Å²) >= 11 is 6.27. The van der Waals surface area contributed by atoms with Crippen molar-refractivity contribution in [2.24, 2.45) is 5.92 Å². The number of nitrogens with one attached hydrogen (secondary N) is 1. The molecule has 1 amide bonds. The molecule has 0 radical (unpaired) electrons. The first-order valence-electron chi connectivity index (χ1n) is 8.97. The third-order valence-electron chi connectivity index (χ3n) is 4.52. The molecule has 0 spiro atoms. The Morgan fingerprint density at radius 3 is 2.42 bits per heavy atom. The number of amides is 1. The van der Waals surface area contributed by atoms with Gasteiger partial charge in [-0.25, -0.2) is 0 Å². The number of halogens is 1. The summed E-state index contributed by atoms with van der Waals surface area (Å²) in [5.41, 5.74) is 1.09. The third-order valence-corrected chi connectivity index (χ3v) is 4.84. The molecule has 1 aliphatic heterocycles. The predicted octanol–water partition coefficient (Wildman–Crippen LogP) is 3.40. The number of anilines is 1. The Balaban J connectivity index is 1.73. The molecule has 0 aliphatic carbocycles. The van der Waals surface area contributed by atoms with E-state index in [2.05, 4.69) is 42.0 Å². The first kappa shape index (κ1) is 19.1. The molecule has 0 unspecified atom stereocenters. The molecule has 0 aromatic heterocycles. The Bertz CT molecular complexity index is 527. The summed E-state index contributed by atoms with van der Waals surface area (Å²) in [4.78, 5) is 16.7. The molecule has 1 atom stereocenters. The van der Waals surface area contributed by atoms with Crippen LogP contribution >= 0.6 is 11.6 Å². The number of nitrogens with zero attached hydrogens (tertiary/aromatic N) is 2. The molecule has 1 N–H and O–H groups in total. The van der Waals surface area contributed by atoms with Crippen LogP contribution in [-0.2, 0) is 4.79 Å². The highest BCUT2D eigenvalue weighted by atomic mass is 35.5. The fourth-order valence-corrected chi connectivity index (χ4v) is 3.29. The van der Waals surface area contributed by atoms with Crippen LogP contribution in [0.15, 0.2) is 24.3 Å². The van der Waals surface area contributed by atoms with Gasteiger partial charge in [-0.1, -0.05) is 37.6 Å². The van der Waals surface area contributed by atoms with E-state index in [1.54, 1.807) is 0 Å². The van der Waals surface area contributed by atoms with E-state index < -0.39 is 0 Å². The van der Waals surface area contributed by atoms with Crippen molar-refractivity contribution in [3.05, 3.63) is 29.3 Å². The van der Waals surface area contributed by atoms with Gasteiger partial charge in [-0.3, -0.25) is 9.69 Å². The second kappa shape index (κ2) is 9.28. The Morgan fingerprint density at radius 1 is 1.12 bits per heavy atom. The lowest BCUT2D eigenvalue weighted by atomic mass is 10.0. The fourth-order valence-electron chi connectivity index (χ4n) is 3.03. The minimum absolute atomic E-state index is 0.137. The molecule has 2 rings (SSSR count). The lowest BCUT2D eigenvalue weighted by Crippen LogP contribution is -2.50. The van der Waals surface area contributed by atoms with E-state index in [1.807, 2.05) is 18.2 Å². The molecule has 4 nitrogen and oxygen atoms in total. The smallest absolute Gasteiger partial charge is 0.234 e. The van der Waals surface area contributed by atoms with Gasteiger partial charge in [0.15, 0.2) is 0 Å². The van der Waals surface area contributed by atoms with Crippen molar-refractivity contribution in [2.45, 2.75) is 39.7 Å². The zero-order chi connectivity index (χ0) is 17.5. The Morgan fingerprint density at radius 2 is 1.79 bits per heavy atom. The fraction of sp³-hybridized carbons (Fsp3) is 0.632. The summed E-state index contributed by atoms with van der Waals surface area (Å²) < 4.78 is 0. The van der Waals surface area contributed by atoms with Gasteiger partial charge in [-0.2, -0.15) is 0 Å². The average molecular weight is 352 g/mol. The number of rotatable bonds is 7. The minimum atomic E-state index is 0.137. The van der Waals surface area contributed by atoms with Gasteiger partial charge in [0.1, 0.15) is 0 Å². The highest BCUT2D eigenvalue weighted by Gasteiger charge is 2.20. The summed E-state index contributed by atoms with van der Waals surface area (Å²) in [5.74, 6) is 0.819. The summed E-state index contributed by atoms with van der Waals surface area (Å²) in [6.07, 6.45) is 2.20. The maximum atomic E-state index is 12.2. The van der Waals surface area contributed by atoms with Crippen LogP contribution in [0.1, 0.15) is 33.6 Å². The number of hydrogen-bond donors (Lipinski definition) is 1. The molecule has 1 heterocycles. The van der Waals surface area contributed by atoms with Crippen LogP contribution in [0, 0.1) is 5.92 Å². The molecule has 1 fully saturated rings. The lowest BCUT2D eigenvalue weighted by molar-refractivity contribution is -0.123. The highest BCUT2D eigenvalue weighted by Crippen LogP contribution is 2.25. The molecule has 0 saturated carbocycles. The van der Waals surface area contributed by atoms with Gasteiger partial charge in [0.25, 0.3) is 0 Å². The highest BCUT2D eigenvalue weighted by molar-refractivity contribution is 6.33. The van der Waals surface area contributed by atoms with Crippen molar-refractivity contribution in [2.75, 3.05) is 37.6 Å². The number of piperazine rings is 1. The van der Waals surface area contributed by atoms with Gasteiger partial charge < -0.3 is 10.2 Å². The number of para-hydroxylation sites is 1. The first-order valence-corrected chi connectivity index (χ1v) is 9.34. The Hall–Kier alpha value is -1.26. The number of carbonyl (C=O) groups excluding carboxylic acids is 1. The van der Waals surface area contributed by atoms with Crippen LogP contribution in [0.2, 0.25) is 5.02 Å². The van der Waals surface area contributed by atoms with Gasteiger partial charge in [-0.05, 0) is 37.8 Å². The van der Waals surface area contributed by atoms with Gasteiger partial charge in [-0.15, -0.1) is 0 Å². The van der Waals surface area contributed by atoms with Crippen molar-refractivity contribution in [1.29, 1.82) is 0 Å². The summed E-state index contributed by atoms with van der Waals surface area (Å²) in [6, 6.07) is 8.20. The summed E-state index contributed by atoms with van der Waals surface area (Å²) in [6.45, 7) is 10.6. The molecule has 134 valence electrons. The molecule has 5 heteroatoms. The largest absolute Gasteiger partial charge is 0.368 e. The topological polar surface area (TPSA) is 35.6 Å². The predicted molar refractivity (Wildman–Crippen MR) is 102 cm³/mol. The SMILES string of the molecule is CC(C)CC[C@H](C)NC(=O)CN1CCN(c2ccccc2Cl)CC1. The van der Waals surface area contributed by atoms with Gasteiger partial charge in [0.2, 0.25) is 5.91 Å². The van der Waals surface area contributed by atoms with Crippen molar-refractivity contribution in [1.82, 2.24) is 10.2 Å². The Kier molecular flexibility index (Phi) is 7.38. The monoisotopic (exact) mass is 351 g/mol. The molecule has 1 aliphatic rings. The molecule has 24 heavy (non-hydrogen) atoms. The number of carbonyl (C=O) groups is 1. The maximum absolute atomic E-state index is 12.2. The average Bonchev–Trinajstić information content (AvgIpc) is 2.54. The minimum Gasteiger partial charge on any atom is -0.368 e. The first-order chi connectivity index (χ1) is 11.5. The molecule has 1 aromatic rings. The van der Waals surface area contributed by atoms with Crippen LogP contribution < -0.4 is 10.2 Å². The van der Waals surface area contributed by atoms with E-state index in [-0.39, 0.29) is 11.9 Å². The van der Waals surface area contributed by atoms with E-state index >= 15 is 0 Å². The van der Waals surface area contributed by atoms with Crippen LogP contribution in [-0.4, -0.2) is 49.6 Å².